The molecule has 12 nitrogen and oxygen atoms in total. The molecule has 4 rings (SSSR count). The highest BCUT2D eigenvalue weighted by Gasteiger charge is 2.58. The van der Waals surface area contributed by atoms with E-state index in [1.165, 1.54) is 11.0 Å². The molecule has 0 saturated carbocycles. The zero-order valence-electron chi connectivity index (χ0n) is 27.7. The Morgan fingerprint density at radius 3 is 2.65 bits per heavy atom. The van der Waals surface area contributed by atoms with Crippen LogP contribution in [0.4, 0.5) is 4.79 Å². The first-order valence-electron chi connectivity index (χ1n) is 16.8. The Labute approximate surface area is 272 Å². The molecule has 4 saturated heterocycles. The van der Waals surface area contributed by atoms with Crippen LogP contribution in [0.3, 0.4) is 0 Å². The van der Waals surface area contributed by atoms with Gasteiger partial charge in [0.2, 0.25) is 5.91 Å². The third kappa shape index (κ3) is 9.48. The van der Waals surface area contributed by atoms with Crippen molar-refractivity contribution in [2.75, 3.05) is 26.2 Å². The molecule has 0 aromatic carbocycles. The summed E-state index contributed by atoms with van der Waals surface area (Å²) in [6, 6.07) is 0.0109. The second-order valence-electron chi connectivity index (χ2n) is 13.6. The van der Waals surface area contributed by atoms with Crippen molar-refractivity contribution in [3.05, 3.63) is 36.0 Å². The van der Waals surface area contributed by atoms with Gasteiger partial charge in [-0.05, 0) is 57.4 Å². The van der Waals surface area contributed by atoms with E-state index >= 15 is 0 Å². The van der Waals surface area contributed by atoms with E-state index in [4.69, 9.17) is 19.9 Å². The number of hydrogen-bond donors (Lipinski definition) is 5. The second-order valence-corrected chi connectivity index (χ2v) is 13.6. The van der Waals surface area contributed by atoms with E-state index in [1.54, 1.807) is 6.08 Å². The number of likely N-dealkylation sites (tertiary alicyclic amines) is 1. The summed E-state index contributed by atoms with van der Waals surface area (Å²) < 4.78 is 18.2. The number of nitrogens with one attached hydrogen (secondary N) is 2. The number of epoxide rings is 1. The number of amides is 2. The van der Waals surface area contributed by atoms with Gasteiger partial charge < -0.3 is 45.7 Å². The van der Waals surface area contributed by atoms with Gasteiger partial charge in [-0.1, -0.05) is 43.7 Å². The van der Waals surface area contributed by atoms with Crippen molar-refractivity contribution in [2.24, 2.45) is 17.6 Å². The fourth-order valence-electron chi connectivity index (χ4n) is 7.20. The molecule has 2 unspecified atom stereocenters. The van der Waals surface area contributed by atoms with E-state index < -0.39 is 23.9 Å². The van der Waals surface area contributed by atoms with Crippen molar-refractivity contribution in [3.63, 3.8) is 0 Å². The van der Waals surface area contributed by atoms with Crippen LogP contribution in [0.2, 0.25) is 0 Å². The SMILES string of the molecule is CC(C=C[C@H]1O[C@H](CC(=O)NCCN)C[C@@]2(CO2)[C@@H]1O)=CC[C@@H]1O[C@H](C)[C@H](NC2CC[C@@H](C(C)C=CC=O)N(C(=O)O)C2)C[C@@H]1C. The molecule has 0 aromatic rings. The Bertz CT molecular complexity index is 1140. The molecule has 0 radical (unpaired) electrons. The fourth-order valence-corrected chi connectivity index (χ4v) is 7.20. The van der Waals surface area contributed by atoms with E-state index in [0.717, 1.165) is 37.5 Å². The monoisotopic (exact) mass is 646 g/mol. The maximum Gasteiger partial charge on any atom is 0.407 e. The third-order valence-electron chi connectivity index (χ3n) is 10.0. The molecule has 12 heteroatoms. The number of nitrogens with two attached hydrogens (primary N) is 1. The van der Waals surface area contributed by atoms with Crippen LogP contribution >= 0.6 is 0 Å². The van der Waals surface area contributed by atoms with E-state index in [-0.39, 0.29) is 54.7 Å². The summed E-state index contributed by atoms with van der Waals surface area (Å²) in [4.78, 5) is 36.5. The van der Waals surface area contributed by atoms with Gasteiger partial charge in [-0.15, -0.1) is 0 Å². The smallest absolute Gasteiger partial charge is 0.407 e. The van der Waals surface area contributed by atoms with Crippen molar-refractivity contribution in [1.29, 1.82) is 0 Å². The van der Waals surface area contributed by atoms with Crippen LogP contribution in [0, 0.1) is 11.8 Å². The van der Waals surface area contributed by atoms with Gasteiger partial charge in [0.25, 0.3) is 0 Å². The lowest BCUT2D eigenvalue weighted by atomic mass is 9.86. The zero-order valence-corrected chi connectivity index (χ0v) is 27.7. The largest absolute Gasteiger partial charge is 0.465 e. The van der Waals surface area contributed by atoms with Gasteiger partial charge >= 0.3 is 6.09 Å². The molecular weight excluding hydrogens is 592 g/mol. The predicted octanol–water partition coefficient (Wildman–Crippen LogP) is 2.31. The van der Waals surface area contributed by atoms with Crippen molar-refractivity contribution in [2.45, 2.75) is 120 Å². The molecule has 258 valence electrons. The van der Waals surface area contributed by atoms with Crippen LogP contribution in [0.25, 0.3) is 0 Å². The lowest BCUT2D eigenvalue weighted by Gasteiger charge is -2.44. The summed E-state index contributed by atoms with van der Waals surface area (Å²) in [7, 11) is 0. The minimum atomic E-state index is -0.934. The van der Waals surface area contributed by atoms with E-state index in [9.17, 15) is 24.6 Å². The topological polar surface area (TPSA) is 176 Å². The number of carboxylic acid groups (broad SMARTS) is 1. The summed E-state index contributed by atoms with van der Waals surface area (Å²) in [5.74, 6) is 0.134. The van der Waals surface area contributed by atoms with Crippen LogP contribution in [0.15, 0.2) is 36.0 Å². The van der Waals surface area contributed by atoms with E-state index in [1.807, 2.05) is 26.0 Å². The number of allylic oxidation sites excluding steroid dienone is 3. The highest BCUT2D eigenvalue weighted by molar-refractivity contribution is 5.76. The predicted molar refractivity (Wildman–Crippen MR) is 173 cm³/mol. The van der Waals surface area contributed by atoms with Crippen molar-refractivity contribution in [1.82, 2.24) is 15.5 Å². The molecule has 4 heterocycles. The number of aldehydes is 1. The summed E-state index contributed by atoms with van der Waals surface area (Å²) in [5, 5.41) is 27.3. The number of aliphatic hydroxyl groups excluding tert-OH is 1. The highest BCUT2D eigenvalue weighted by atomic mass is 16.6. The average molecular weight is 647 g/mol. The lowest BCUT2D eigenvalue weighted by molar-refractivity contribution is -0.145. The Morgan fingerprint density at radius 1 is 1.22 bits per heavy atom. The summed E-state index contributed by atoms with van der Waals surface area (Å²) in [6.45, 7) is 9.88. The van der Waals surface area contributed by atoms with E-state index in [0.29, 0.717) is 38.6 Å². The maximum atomic E-state index is 12.2. The molecule has 4 aliphatic heterocycles. The molecule has 1 spiro atoms. The maximum absolute atomic E-state index is 12.2. The van der Waals surface area contributed by atoms with Gasteiger partial charge in [-0.2, -0.15) is 0 Å². The zero-order chi connectivity index (χ0) is 33.4. The van der Waals surface area contributed by atoms with Crippen LogP contribution in [0.5, 0.6) is 0 Å². The third-order valence-corrected chi connectivity index (χ3v) is 10.0. The standard InChI is InChI=1S/C34H54N4O8/c1-21(8-12-30-32(41)34(20-44-34)18-26(46-30)17-31(40)36-14-13-35)7-11-29-23(3)16-27(24(4)45-29)37-25-9-10-28(22(2)6-5-15-39)38(19-25)33(42)43/h5-8,12,15,22-30,32,37,41H,9-11,13-14,16-20,35H2,1-4H3,(H,36,40)(H,42,43)/t22?,23-,24+,25?,26+,27+,28-,29-,30+,32+,34+/m0/s1. The Kier molecular flexibility index (Phi) is 13.0. The number of rotatable bonds is 13. The minimum absolute atomic E-state index is 0.0320. The summed E-state index contributed by atoms with van der Waals surface area (Å²) >= 11 is 0. The van der Waals surface area contributed by atoms with Crippen LogP contribution in [-0.2, 0) is 23.8 Å². The van der Waals surface area contributed by atoms with Gasteiger partial charge in [-0.3, -0.25) is 9.59 Å². The van der Waals surface area contributed by atoms with Gasteiger partial charge in [-0.25, -0.2) is 4.79 Å². The number of piperidine rings is 1. The number of hydrogen-bond acceptors (Lipinski definition) is 9. The van der Waals surface area contributed by atoms with Gasteiger partial charge in [0, 0.05) is 44.2 Å². The average Bonchev–Trinajstić information content (AvgIpc) is 3.80. The highest BCUT2D eigenvalue weighted by Crippen LogP contribution is 2.43. The molecule has 4 aliphatic rings. The molecule has 0 aromatic heterocycles. The molecular formula is C34H54N4O8. The van der Waals surface area contributed by atoms with Gasteiger partial charge in [0.15, 0.2) is 0 Å². The van der Waals surface area contributed by atoms with Crippen LogP contribution in [0.1, 0.15) is 66.2 Å². The Hall–Kier alpha value is -2.61. The summed E-state index contributed by atoms with van der Waals surface area (Å²) in [5.41, 5.74) is 5.86. The number of carbonyl (C=O) groups is 3. The van der Waals surface area contributed by atoms with E-state index in [2.05, 4.69) is 30.6 Å². The fraction of sp³-hybridized carbons (Fsp3) is 0.735. The Balaban J connectivity index is 1.27. The first kappa shape index (κ1) is 36.2. The second kappa shape index (κ2) is 16.5. The van der Waals surface area contributed by atoms with Crippen molar-refractivity contribution >= 4 is 18.3 Å². The molecule has 11 atom stereocenters. The quantitative estimate of drug-likeness (QED) is 0.0864. The number of carbonyl (C=O) groups excluding carboxylic acids is 2. The van der Waals surface area contributed by atoms with Crippen LogP contribution < -0.4 is 16.4 Å². The minimum Gasteiger partial charge on any atom is -0.465 e. The molecule has 2 amide bonds. The lowest BCUT2D eigenvalue weighted by Crippen LogP contribution is -2.59. The summed E-state index contributed by atoms with van der Waals surface area (Å²) in [6.07, 6.45) is 11.2. The Morgan fingerprint density at radius 2 is 1.98 bits per heavy atom. The molecule has 0 bridgehead atoms. The normalized spacial score (nSPS) is 37.5. The number of nitrogens with zero attached hydrogens (tertiary/aromatic N) is 1. The first-order chi connectivity index (χ1) is 22.0. The van der Waals surface area contributed by atoms with Gasteiger partial charge in [0.05, 0.1) is 31.3 Å². The number of aliphatic hydroxyl groups is 1. The van der Waals surface area contributed by atoms with Gasteiger partial charge in [0.1, 0.15) is 24.1 Å². The van der Waals surface area contributed by atoms with Crippen molar-refractivity contribution in [3.8, 4) is 0 Å². The van der Waals surface area contributed by atoms with Crippen molar-refractivity contribution < 1.29 is 38.8 Å². The molecule has 4 fully saturated rings. The number of ether oxygens (including phenoxy) is 3. The molecule has 6 N–H and O–H groups in total. The molecule has 0 aliphatic carbocycles. The van der Waals surface area contributed by atoms with Crippen LogP contribution in [-0.4, -0.2) is 114 Å². The molecule has 46 heavy (non-hydrogen) atoms. The first-order valence-corrected chi connectivity index (χ1v) is 16.8.